The first-order valence-corrected chi connectivity index (χ1v) is 6.70. The third-order valence-corrected chi connectivity index (χ3v) is 3.28. The van der Waals surface area contributed by atoms with Gasteiger partial charge in [0.25, 0.3) is 0 Å². The van der Waals surface area contributed by atoms with Gasteiger partial charge in [-0.3, -0.25) is 4.57 Å². The van der Waals surface area contributed by atoms with Crippen LogP contribution in [0.1, 0.15) is 5.56 Å². The molecule has 1 heterocycles. The Bertz CT molecular complexity index is 686. The highest BCUT2D eigenvalue weighted by Gasteiger charge is 2.06. The highest BCUT2D eigenvalue weighted by Crippen LogP contribution is 2.22. The summed E-state index contributed by atoms with van der Waals surface area (Å²) in [5.41, 5.74) is 4.67. The lowest BCUT2D eigenvalue weighted by Crippen LogP contribution is -2.05. The Kier molecular flexibility index (Phi) is 3.61. The van der Waals surface area contributed by atoms with Gasteiger partial charge in [0.15, 0.2) is 0 Å². The first-order chi connectivity index (χ1) is 9.88. The van der Waals surface area contributed by atoms with Gasteiger partial charge in [0.05, 0.1) is 18.2 Å². The molecule has 0 spiro atoms. The Hall–Kier alpha value is -2.39. The lowest BCUT2D eigenvalue weighted by atomic mass is 10.1. The number of hydrogen-bond acceptors (Lipinski definition) is 2. The molecule has 3 nitrogen and oxygen atoms in total. The average Bonchev–Trinajstić information content (AvgIpc) is 2.98. The van der Waals surface area contributed by atoms with E-state index in [1.807, 2.05) is 37.8 Å². The third-order valence-electron chi connectivity index (χ3n) is 3.28. The molecule has 0 aliphatic carbocycles. The van der Waals surface area contributed by atoms with Crippen LogP contribution in [-0.4, -0.2) is 16.6 Å². The Balaban J connectivity index is 2.04. The first kappa shape index (κ1) is 12.6. The van der Waals surface area contributed by atoms with Gasteiger partial charge in [0, 0.05) is 17.8 Å². The Morgan fingerprint density at radius 1 is 1.05 bits per heavy atom. The normalized spacial score (nSPS) is 10.7. The summed E-state index contributed by atoms with van der Waals surface area (Å²) in [6, 6.07) is 18.8. The Labute approximate surface area is 118 Å². The number of nitrogens with zero attached hydrogens (tertiary/aromatic N) is 2. The van der Waals surface area contributed by atoms with E-state index in [0.29, 0.717) is 0 Å². The van der Waals surface area contributed by atoms with Crippen molar-refractivity contribution in [1.29, 1.82) is 0 Å². The maximum Gasteiger partial charge on any atom is 0.0997 e. The zero-order chi connectivity index (χ0) is 13.8. The van der Waals surface area contributed by atoms with Crippen LogP contribution in [0.2, 0.25) is 0 Å². The Morgan fingerprint density at radius 2 is 1.90 bits per heavy atom. The SMILES string of the molecule is CNCc1cccc(-n2cncc2-c2ccccc2)c1. The van der Waals surface area contributed by atoms with Crippen LogP contribution in [0, 0.1) is 0 Å². The van der Waals surface area contributed by atoms with Crippen molar-refractivity contribution >= 4 is 0 Å². The molecule has 1 N–H and O–H groups in total. The van der Waals surface area contributed by atoms with Crippen LogP contribution in [0.25, 0.3) is 16.9 Å². The largest absolute Gasteiger partial charge is 0.316 e. The highest BCUT2D eigenvalue weighted by molar-refractivity contribution is 5.61. The molecular weight excluding hydrogens is 246 g/mol. The fourth-order valence-electron chi connectivity index (χ4n) is 2.34. The van der Waals surface area contributed by atoms with E-state index in [1.54, 1.807) is 0 Å². The zero-order valence-corrected chi connectivity index (χ0v) is 11.5. The quantitative estimate of drug-likeness (QED) is 0.783. The second-order valence-electron chi connectivity index (χ2n) is 4.72. The molecule has 0 amide bonds. The number of nitrogens with one attached hydrogen (secondary N) is 1. The van der Waals surface area contributed by atoms with Gasteiger partial charge in [-0.15, -0.1) is 0 Å². The minimum Gasteiger partial charge on any atom is -0.316 e. The number of aromatic nitrogens is 2. The molecule has 0 unspecified atom stereocenters. The second-order valence-corrected chi connectivity index (χ2v) is 4.72. The van der Waals surface area contributed by atoms with Crippen molar-refractivity contribution in [2.24, 2.45) is 0 Å². The molecule has 1 aromatic heterocycles. The summed E-state index contributed by atoms with van der Waals surface area (Å²) in [5, 5.41) is 3.18. The number of hydrogen-bond donors (Lipinski definition) is 1. The van der Waals surface area contributed by atoms with Crippen LogP contribution in [0.4, 0.5) is 0 Å². The fourth-order valence-corrected chi connectivity index (χ4v) is 2.34. The monoisotopic (exact) mass is 263 g/mol. The summed E-state index contributed by atoms with van der Waals surface area (Å²) >= 11 is 0. The third kappa shape index (κ3) is 2.49. The van der Waals surface area contributed by atoms with E-state index in [2.05, 4.69) is 51.3 Å². The van der Waals surface area contributed by atoms with E-state index in [9.17, 15) is 0 Å². The van der Waals surface area contributed by atoms with Gasteiger partial charge < -0.3 is 5.32 Å². The van der Waals surface area contributed by atoms with Gasteiger partial charge in [0.1, 0.15) is 0 Å². The molecule has 100 valence electrons. The molecule has 20 heavy (non-hydrogen) atoms. The molecule has 0 bridgehead atoms. The number of benzene rings is 2. The van der Waals surface area contributed by atoms with Gasteiger partial charge in [-0.05, 0) is 24.7 Å². The van der Waals surface area contributed by atoms with Gasteiger partial charge in [0.2, 0.25) is 0 Å². The minimum atomic E-state index is 0.864. The Morgan fingerprint density at radius 3 is 2.70 bits per heavy atom. The van der Waals surface area contributed by atoms with E-state index in [-0.39, 0.29) is 0 Å². The minimum absolute atomic E-state index is 0.864. The average molecular weight is 263 g/mol. The standard InChI is InChI=1S/C17H17N3/c1-18-11-14-6-5-9-16(10-14)20-13-19-12-17(20)15-7-3-2-4-8-15/h2-10,12-13,18H,11H2,1H3. The van der Waals surface area contributed by atoms with E-state index in [1.165, 1.54) is 11.1 Å². The van der Waals surface area contributed by atoms with Crippen molar-refractivity contribution < 1.29 is 0 Å². The van der Waals surface area contributed by atoms with Crippen LogP contribution in [0.3, 0.4) is 0 Å². The van der Waals surface area contributed by atoms with E-state index in [0.717, 1.165) is 17.9 Å². The van der Waals surface area contributed by atoms with Crippen molar-refractivity contribution in [2.75, 3.05) is 7.05 Å². The van der Waals surface area contributed by atoms with Gasteiger partial charge >= 0.3 is 0 Å². The number of rotatable bonds is 4. The summed E-state index contributed by atoms with van der Waals surface area (Å²) < 4.78 is 2.12. The van der Waals surface area contributed by atoms with Crippen molar-refractivity contribution in [3.05, 3.63) is 72.7 Å². The lowest BCUT2D eigenvalue weighted by Gasteiger charge is -2.10. The molecule has 0 saturated carbocycles. The lowest BCUT2D eigenvalue weighted by molar-refractivity contribution is 0.816. The van der Waals surface area contributed by atoms with Crippen LogP contribution >= 0.6 is 0 Å². The van der Waals surface area contributed by atoms with Crippen molar-refractivity contribution in [3.63, 3.8) is 0 Å². The molecule has 0 aliphatic heterocycles. The van der Waals surface area contributed by atoms with Crippen LogP contribution in [0.15, 0.2) is 67.1 Å². The van der Waals surface area contributed by atoms with Gasteiger partial charge in [-0.2, -0.15) is 0 Å². The molecule has 0 aliphatic rings. The van der Waals surface area contributed by atoms with Crippen LogP contribution in [0.5, 0.6) is 0 Å². The summed E-state index contributed by atoms with van der Waals surface area (Å²) in [6.45, 7) is 0.864. The number of imidazole rings is 1. The smallest absolute Gasteiger partial charge is 0.0997 e. The van der Waals surface area contributed by atoms with E-state index in [4.69, 9.17) is 0 Å². The predicted octanol–water partition coefficient (Wildman–Crippen LogP) is 3.26. The molecule has 3 rings (SSSR count). The van der Waals surface area contributed by atoms with Crippen LogP contribution in [-0.2, 0) is 6.54 Å². The molecule has 3 heteroatoms. The van der Waals surface area contributed by atoms with E-state index >= 15 is 0 Å². The fraction of sp³-hybridized carbons (Fsp3) is 0.118. The summed E-state index contributed by atoms with van der Waals surface area (Å²) in [4.78, 5) is 4.30. The van der Waals surface area contributed by atoms with E-state index < -0.39 is 0 Å². The van der Waals surface area contributed by atoms with Crippen molar-refractivity contribution in [1.82, 2.24) is 14.9 Å². The molecule has 0 atom stereocenters. The summed E-state index contributed by atoms with van der Waals surface area (Å²) in [7, 11) is 1.96. The van der Waals surface area contributed by atoms with Gasteiger partial charge in [-0.1, -0.05) is 42.5 Å². The maximum atomic E-state index is 4.30. The maximum absolute atomic E-state index is 4.30. The topological polar surface area (TPSA) is 29.9 Å². The second kappa shape index (κ2) is 5.72. The molecular formula is C17H17N3. The predicted molar refractivity (Wildman–Crippen MR) is 81.8 cm³/mol. The van der Waals surface area contributed by atoms with Crippen LogP contribution < -0.4 is 5.32 Å². The van der Waals surface area contributed by atoms with Crippen molar-refractivity contribution in [2.45, 2.75) is 6.54 Å². The zero-order valence-electron chi connectivity index (χ0n) is 11.5. The first-order valence-electron chi connectivity index (χ1n) is 6.70. The molecule has 0 saturated heterocycles. The summed E-state index contributed by atoms with van der Waals surface area (Å²) in [5.74, 6) is 0. The summed E-state index contributed by atoms with van der Waals surface area (Å²) in [6.07, 6.45) is 3.76. The molecule has 0 fully saturated rings. The van der Waals surface area contributed by atoms with Gasteiger partial charge in [-0.25, -0.2) is 4.98 Å². The molecule has 2 aromatic carbocycles. The molecule has 3 aromatic rings. The molecule has 0 radical (unpaired) electrons. The highest BCUT2D eigenvalue weighted by atomic mass is 15.0. The van der Waals surface area contributed by atoms with Crippen molar-refractivity contribution in [3.8, 4) is 16.9 Å².